The predicted molar refractivity (Wildman–Crippen MR) is 75.8 cm³/mol. The molecule has 0 amide bonds. The van der Waals surface area contributed by atoms with Gasteiger partial charge in [-0.25, -0.2) is 9.67 Å². The van der Waals surface area contributed by atoms with Gasteiger partial charge in [0, 0.05) is 25.6 Å². The third kappa shape index (κ3) is 2.98. The molecular formula is C13H19N7O2. The number of hydrogen-bond donors (Lipinski definition) is 2. The molecule has 22 heavy (non-hydrogen) atoms. The fourth-order valence-corrected chi connectivity index (χ4v) is 3.12. The van der Waals surface area contributed by atoms with Crippen molar-refractivity contribution in [3.8, 4) is 0 Å². The molecule has 0 aliphatic carbocycles. The smallest absolute Gasteiger partial charge is 0.303 e. The zero-order valence-electron chi connectivity index (χ0n) is 12.4. The van der Waals surface area contributed by atoms with Crippen LogP contribution < -0.4 is 0 Å². The van der Waals surface area contributed by atoms with E-state index < -0.39 is 5.97 Å². The average molecular weight is 305 g/mol. The summed E-state index contributed by atoms with van der Waals surface area (Å²) in [7, 11) is 0. The maximum atomic E-state index is 11.1. The molecule has 1 saturated heterocycles. The first-order valence-corrected chi connectivity index (χ1v) is 7.33. The van der Waals surface area contributed by atoms with Crippen molar-refractivity contribution in [1.82, 2.24) is 35.1 Å². The molecule has 3 heterocycles. The lowest BCUT2D eigenvalue weighted by atomic mass is 9.91. The molecule has 0 spiro atoms. The van der Waals surface area contributed by atoms with Crippen LogP contribution in [0.1, 0.15) is 30.8 Å². The molecular weight excluding hydrogens is 286 g/mol. The van der Waals surface area contributed by atoms with E-state index in [9.17, 15) is 4.79 Å². The van der Waals surface area contributed by atoms with Crippen LogP contribution in [0, 0.1) is 5.92 Å². The number of carbonyl (C=O) groups is 1. The Morgan fingerprint density at radius 1 is 1.50 bits per heavy atom. The van der Waals surface area contributed by atoms with Gasteiger partial charge in [-0.15, -0.1) is 0 Å². The molecule has 1 aliphatic heterocycles. The van der Waals surface area contributed by atoms with E-state index in [2.05, 4.69) is 30.4 Å². The maximum Gasteiger partial charge on any atom is 0.303 e. The topological polar surface area (TPSA) is 113 Å². The molecule has 118 valence electrons. The zero-order valence-corrected chi connectivity index (χ0v) is 12.4. The van der Waals surface area contributed by atoms with Gasteiger partial charge in [0.1, 0.15) is 12.2 Å². The summed E-state index contributed by atoms with van der Waals surface area (Å²) >= 11 is 0. The quantitative estimate of drug-likeness (QED) is 0.778. The number of nitrogens with zero attached hydrogens (tertiary/aromatic N) is 6. The van der Waals surface area contributed by atoms with Gasteiger partial charge in [0.2, 0.25) is 0 Å². The number of aliphatic carboxylic acids is 1. The Hall–Kier alpha value is -2.29. The number of H-pyrrole nitrogens is 1. The molecule has 2 aromatic rings. The Morgan fingerprint density at radius 2 is 2.36 bits per heavy atom. The van der Waals surface area contributed by atoms with E-state index in [1.165, 1.54) is 0 Å². The zero-order chi connectivity index (χ0) is 15.5. The molecule has 0 radical (unpaired) electrons. The highest BCUT2D eigenvalue weighted by Gasteiger charge is 2.36. The minimum absolute atomic E-state index is 0.0283. The van der Waals surface area contributed by atoms with Gasteiger partial charge in [0.15, 0.2) is 0 Å². The van der Waals surface area contributed by atoms with Gasteiger partial charge in [0.25, 0.3) is 0 Å². The van der Waals surface area contributed by atoms with Crippen molar-refractivity contribution in [2.24, 2.45) is 5.92 Å². The molecule has 9 nitrogen and oxygen atoms in total. The minimum Gasteiger partial charge on any atom is -0.481 e. The third-order valence-corrected chi connectivity index (χ3v) is 4.13. The lowest BCUT2D eigenvalue weighted by molar-refractivity contribution is -0.138. The van der Waals surface area contributed by atoms with Crippen molar-refractivity contribution in [3.05, 3.63) is 24.0 Å². The highest BCUT2D eigenvalue weighted by Crippen LogP contribution is 2.34. The van der Waals surface area contributed by atoms with Crippen LogP contribution in [0.4, 0.5) is 0 Å². The molecule has 0 bridgehead atoms. The summed E-state index contributed by atoms with van der Waals surface area (Å²) in [6, 6.07) is 0. The number of aryl methyl sites for hydroxylation is 1. The van der Waals surface area contributed by atoms with Gasteiger partial charge < -0.3 is 5.11 Å². The SMILES string of the molecule is CCn1ncnc1CN1C[C@H](CC(=O)O)[C@H](c2cn[nH]n2)C1. The van der Waals surface area contributed by atoms with E-state index in [-0.39, 0.29) is 18.3 Å². The second-order valence-corrected chi connectivity index (χ2v) is 5.55. The summed E-state index contributed by atoms with van der Waals surface area (Å²) in [6.07, 6.45) is 3.37. The predicted octanol–water partition coefficient (Wildman–Crippen LogP) is 0.106. The van der Waals surface area contributed by atoms with E-state index in [0.29, 0.717) is 13.1 Å². The van der Waals surface area contributed by atoms with Crippen LogP contribution in [0.15, 0.2) is 12.5 Å². The highest BCUT2D eigenvalue weighted by molar-refractivity contribution is 5.67. The molecule has 2 N–H and O–H groups in total. The number of nitrogens with one attached hydrogen (secondary N) is 1. The van der Waals surface area contributed by atoms with Gasteiger partial charge >= 0.3 is 5.97 Å². The maximum absolute atomic E-state index is 11.1. The van der Waals surface area contributed by atoms with Crippen molar-refractivity contribution >= 4 is 5.97 Å². The number of aromatic nitrogens is 6. The van der Waals surface area contributed by atoms with E-state index in [1.807, 2.05) is 11.6 Å². The molecule has 2 atom stereocenters. The van der Waals surface area contributed by atoms with E-state index in [0.717, 1.165) is 24.6 Å². The highest BCUT2D eigenvalue weighted by atomic mass is 16.4. The Morgan fingerprint density at radius 3 is 3.05 bits per heavy atom. The number of likely N-dealkylation sites (tertiary alicyclic amines) is 1. The lowest BCUT2D eigenvalue weighted by Gasteiger charge is -2.15. The molecule has 2 aromatic heterocycles. The van der Waals surface area contributed by atoms with Crippen molar-refractivity contribution < 1.29 is 9.90 Å². The fourth-order valence-electron chi connectivity index (χ4n) is 3.12. The van der Waals surface area contributed by atoms with Crippen LogP contribution in [0.3, 0.4) is 0 Å². The van der Waals surface area contributed by atoms with Gasteiger partial charge in [-0.1, -0.05) is 0 Å². The standard InChI is InChI=1S/C13H19N7O2/c1-2-20-12(14-8-16-20)7-19-5-9(3-13(21)22)10(6-19)11-4-15-18-17-11/h4,8-10H,2-3,5-7H2,1H3,(H,21,22)(H,15,17,18)/t9-,10+/m0/s1. The van der Waals surface area contributed by atoms with Gasteiger partial charge in [-0.2, -0.15) is 20.5 Å². The van der Waals surface area contributed by atoms with E-state index in [1.54, 1.807) is 12.5 Å². The number of hydrogen-bond acceptors (Lipinski definition) is 6. The van der Waals surface area contributed by atoms with Crippen LogP contribution >= 0.6 is 0 Å². The van der Waals surface area contributed by atoms with Crippen LogP contribution in [0.25, 0.3) is 0 Å². The van der Waals surface area contributed by atoms with Crippen LogP contribution in [0.2, 0.25) is 0 Å². The van der Waals surface area contributed by atoms with E-state index >= 15 is 0 Å². The Balaban J connectivity index is 1.73. The Bertz CT molecular complexity index is 624. The second-order valence-electron chi connectivity index (χ2n) is 5.55. The average Bonchev–Trinajstić information content (AvgIpc) is 3.19. The summed E-state index contributed by atoms with van der Waals surface area (Å²) < 4.78 is 1.86. The molecule has 3 rings (SSSR count). The molecule has 1 fully saturated rings. The summed E-state index contributed by atoms with van der Waals surface area (Å²) in [5.74, 6) is 0.225. The largest absolute Gasteiger partial charge is 0.481 e. The van der Waals surface area contributed by atoms with Gasteiger partial charge in [0.05, 0.1) is 24.9 Å². The Labute approximate surface area is 127 Å². The lowest BCUT2D eigenvalue weighted by Crippen LogP contribution is -2.23. The third-order valence-electron chi connectivity index (χ3n) is 4.13. The number of carboxylic acids is 1. The number of rotatable bonds is 6. The van der Waals surface area contributed by atoms with Crippen LogP contribution in [0.5, 0.6) is 0 Å². The molecule has 9 heteroatoms. The first kappa shape index (κ1) is 14.6. The summed E-state index contributed by atoms with van der Waals surface area (Å²) in [6.45, 7) is 4.92. The first-order chi connectivity index (χ1) is 10.7. The normalized spacial score (nSPS) is 22.2. The monoisotopic (exact) mass is 305 g/mol. The summed E-state index contributed by atoms with van der Waals surface area (Å²) in [5, 5.41) is 23.9. The molecule has 0 unspecified atom stereocenters. The molecule has 0 aromatic carbocycles. The van der Waals surface area contributed by atoms with Crippen LogP contribution in [-0.4, -0.2) is 59.2 Å². The van der Waals surface area contributed by atoms with E-state index in [4.69, 9.17) is 5.11 Å². The van der Waals surface area contributed by atoms with Crippen LogP contribution in [-0.2, 0) is 17.9 Å². The summed E-state index contributed by atoms with van der Waals surface area (Å²) in [5.41, 5.74) is 0.825. The number of aromatic amines is 1. The van der Waals surface area contributed by atoms with Gasteiger partial charge in [-0.05, 0) is 12.8 Å². The van der Waals surface area contributed by atoms with Crippen molar-refractivity contribution in [2.45, 2.75) is 32.4 Å². The summed E-state index contributed by atoms with van der Waals surface area (Å²) in [4.78, 5) is 17.6. The molecule has 0 saturated carbocycles. The van der Waals surface area contributed by atoms with Crippen molar-refractivity contribution in [2.75, 3.05) is 13.1 Å². The number of carboxylic acid groups (broad SMARTS) is 1. The Kier molecular flexibility index (Phi) is 4.14. The molecule has 1 aliphatic rings. The van der Waals surface area contributed by atoms with Crippen molar-refractivity contribution in [3.63, 3.8) is 0 Å². The first-order valence-electron chi connectivity index (χ1n) is 7.33. The van der Waals surface area contributed by atoms with Gasteiger partial charge in [-0.3, -0.25) is 9.69 Å². The second kappa shape index (κ2) is 6.22. The minimum atomic E-state index is -0.780. The van der Waals surface area contributed by atoms with Crippen molar-refractivity contribution in [1.29, 1.82) is 0 Å². The fraction of sp³-hybridized carbons (Fsp3) is 0.615.